The van der Waals surface area contributed by atoms with Gasteiger partial charge in [0.05, 0.1) is 6.61 Å². The van der Waals surface area contributed by atoms with Crippen LogP contribution in [0, 0.1) is 0 Å². The van der Waals surface area contributed by atoms with Gasteiger partial charge in [0.15, 0.2) is 11.5 Å². The van der Waals surface area contributed by atoms with Gasteiger partial charge >= 0.3 is 0 Å². The van der Waals surface area contributed by atoms with Gasteiger partial charge in [-0.1, -0.05) is 40.9 Å². The van der Waals surface area contributed by atoms with Gasteiger partial charge in [-0.15, -0.1) is 0 Å². The number of amides is 1. The zero-order valence-corrected chi connectivity index (χ0v) is 19.8. The molecule has 1 N–H and O–H groups in total. The van der Waals surface area contributed by atoms with Crippen molar-refractivity contribution in [3.8, 4) is 11.5 Å². The summed E-state index contributed by atoms with van der Waals surface area (Å²) in [6.45, 7) is 5.80. The Kier molecular flexibility index (Phi) is 9.15. The Morgan fingerprint density at radius 2 is 1.81 bits per heavy atom. The van der Waals surface area contributed by atoms with Gasteiger partial charge in [-0.25, -0.2) is 0 Å². The first-order valence-electron chi connectivity index (χ1n) is 10.5. The SMILES string of the molecule is CCOc1cc(CNCCCN2CCCC2=O)c(Cl)cc1OCc1ccc(Cl)cc1Cl. The van der Waals surface area contributed by atoms with Gasteiger partial charge < -0.3 is 19.7 Å². The van der Waals surface area contributed by atoms with Gasteiger partial charge in [0.25, 0.3) is 0 Å². The van der Waals surface area contributed by atoms with Crippen molar-refractivity contribution in [3.63, 3.8) is 0 Å². The van der Waals surface area contributed by atoms with Crippen molar-refractivity contribution in [2.75, 3.05) is 26.2 Å². The summed E-state index contributed by atoms with van der Waals surface area (Å²) in [5, 5.41) is 5.12. The zero-order chi connectivity index (χ0) is 22.2. The molecule has 168 valence electrons. The minimum Gasteiger partial charge on any atom is -0.490 e. The standard InChI is InChI=1S/C23H27Cl3N2O3/c1-2-30-21-11-17(14-27-8-4-10-28-9-3-5-23(28)29)20(26)13-22(21)31-15-16-6-7-18(24)12-19(16)25/h6-7,11-13,27H,2-5,8-10,14-15H2,1H3. The van der Waals surface area contributed by atoms with Crippen LogP contribution in [0.1, 0.15) is 37.3 Å². The molecular weight excluding hydrogens is 459 g/mol. The molecule has 1 aliphatic rings. The van der Waals surface area contributed by atoms with Crippen LogP contribution in [0.4, 0.5) is 0 Å². The number of benzene rings is 2. The molecule has 1 saturated heterocycles. The number of hydrogen-bond acceptors (Lipinski definition) is 4. The lowest BCUT2D eigenvalue weighted by Gasteiger charge is -2.17. The van der Waals surface area contributed by atoms with Gasteiger partial charge in [-0.05, 0) is 50.1 Å². The van der Waals surface area contributed by atoms with Crippen LogP contribution in [0.25, 0.3) is 0 Å². The highest BCUT2D eigenvalue weighted by Crippen LogP contribution is 2.35. The summed E-state index contributed by atoms with van der Waals surface area (Å²) in [6.07, 6.45) is 2.56. The predicted molar refractivity (Wildman–Crippen MR) is 126 cm³/mol. The average molecular weight is 486 g/mol. The molecule has 0 aromatic heterocycles. The number of hydrogen-bond donors (Lipinski definition) is 1. The highest BCUT2D eigenvalue weighted by molar-refractivity contribution is 6.35. The number of halogens is 3. The highest BCUT2D eigenvalue weighted by Gasteiger charge is 2.19. The molecule has 0 unspecified atom stereocenters. The summed E-state index contributed by atoms with van der Waals surface area (Å²) in [6, 6.07) is 8.97. The first-order chi connectivity index (χ1) is 15.0. The average Bonchev–Trinajstić information content (AvgIpc) is 3.14. The van der Waals surface area contributed by atoms with E-state index in [1.807, 2.05) is 24.0 Å². The molecule has 2 aromatic carbocycles. The highest BCUT2D eigenvalue weighted by atomic mass is 35.5. The van der Waals surface area contributed by atoms with Gasteiger partial charge in [-0.2, -0.15) is 0 Å². The fraction of sp³-hybridized carbons (Fsp3) is 0.435. The van der Waals surface area contributed by atoms with Crippen LogP contribution in [0.3, 0.4) is 0 Å². The number of rotatable bonds is 11. The molecule has 1 heterocycles. The molecular formula is C23H27Cl3N2O3. The van der Waals surface area contributed by atoms with Crippen molar-refractivity contribution in [2.24, 2.45) is 0 Å². The quantitative estimate of drug-likeness (QED) is 0.413. The third-order valence-electron chi connectivity index (χ3n) is 5.08. The Morgan fingerprint density at radius 3 is 2.52 bits per heavy atom. The number of likely N-dealkylation sites (tertiary alicyclic amines) is 1. The fourth-order valence-electron chi connectivity index (χ4n) is 3.45. The Hall–Kier alpha value is -1.66. The Morgan fingerprint density at radius 1 is 1.03 bits per heavy atom. The number of nitrogens with zero attached hydrogens (tertiary/aromatic N) is 1. The van der Waals surface area contributed by atoms with Crippen LogP contribution in [-0.4, -0.2) is 37.0 Å². The lowest BCUT2D eigenvalue weighted by atomic mass is 10.2. The number of carbonyl (C=O) groups excluding carboxylic acids is 1. The van der Waals surface area contributed by atoms with Crippen molar-refractivity contribution < 1.29 is 14.3 Å². The van der Waals surface area contributed by atoms with Gasteiger partial charge in [0, 0.05) is 52.8 Å². The van der Waals surface area contributed by atoms with Crippen molar-refractivity contribution in [3.05, 3.63) is 56.5 Å². The molecule has 2 aromatic rings. The first kappa shape index (κ1) is 24.0. The normalized spacial score (nSPS) is 13.7. The second-order valence-electron chi connectivity index (χ2n) is 7.36. The summed E-state index contributed by atoms with van der Waals surface area (Å²) in [7, 11) is 0. The van der Waals surface area contributed by atoms with Gasteiger partial charge in [0.2, 0.25) is 5.91 Å². The van der Waals surface area contributed by atoms with Crippen molar-refractivity contribution >= 4 is 40.7 Å². The lowest BCUT2D eigenvalue weighted by molar-refractivity contribution is -0.127. The van der Waals surface area contributed by atoms with E-state index in [4.69, 9.17) is 44.3 Å². The van der Waals surface area contributed by atoms with Gasteiger partial charge in [0.1, 0.15) is 6.61 Å². The Labute approximate surface area is 198 Å². The van der Waals surface area contributed by atoms with Crippen molar-refractivity contribution in [1.82, 2.24) is 10.2 Å². The van der Waals surface area contributed by atoms with E-state index in [-0.39, 0.29) is 12.5 Å². The monoisotopic (exact) mass is 484 g/mol. The fourth-order valence-corrected chi connectivity index (χ4v) is 4.13. The van der Waals surface area contributed by atoms with Crippen LogP contribution >= 0.6 is 34.8 Å². The number of carbonyl (C=O) groups is 1. The van der Waals surface area contributed by atoms with Crippen LogP contribution in [0.15, 0.2) is 30.3 Å². The van der Waals surface area contributed by atoms with Crippen LogP contribution in [-0.2, 0) is 17.9 Å². The second kappa shape index (κ2) is 11.8. The third kappa shape index (κ3) is 6.91. The summed E-state index contributed by atoms with van der Waals surface area (Å²) >= 11 is 18.7. The minimum atomic E-state index is 0.264. The predicted octanol–water partition coefficient (Wildman–Crippen LogP) is 5.73. The first-order valence-corrected chi connectivity index (χ1v) is 11.6. The van der Waals surface area contributed by atoms with Crippen LogP contribution < -0.4 is 14.8 Å². The van der Waals surface area contributed by atoms with E-state index >= 15 is 0 Å². The smallest absolute Gasteiger partial charge is 0.222 e. The maximum atomic E-state index is 11.7. The molecule has 3 rings (SSSR count). The molecule has 8 heteroatoms. The molecule has 0 atom stereocenters. The minimum absolute atomic E-state index is 0.264. The third-order valence-corrected chi connectivity index (χ3v) is 6.02. The van der Waals surface area contributed by atoms with Gasteiger partial charge in [-0.3, -0.25) is 4.79 Å². The van der Waals surface area contributed by atoms with E-state index < -0.39 is 0 Å². The molecule has 0 aliphatic carbocycles. The molecule has 1 aliphatic heterocycles. The second-order valence-corrected chi connectivity index (χ2v) is 8.61. The van der Waals surface area contributed by atoms with Crippen molar-refractivity contribution in [1.29, 1.82) is 0 Å². The Bertz CT molecular complexity index is 908. The summed E-state index contributed by atoms with van der Waals surface area (Å²) in [4.78, 5) is 13.6. The largest absolute Gasteiger partial charge is 0.490 e. The lowest BCUT2D eigenvalue weighted by Crippen LogP contribution is -2.28. The number of nitrogens with one attached hydrogen (secondary N) is 1. The molecule has 0 bridgehead atoms. The van der Waals surface area contributed by atoms with E-state index in [2.05, 4.69) is 5.32 Å². The molecule has 1 amide bonds. The molecule has 0 saturated carbocycles. The number of ether oxygens (including phenoxy) is 2. The van der Waals surface area contributed by atoms with Crippen molar-refractivity contribution in [2.45, 2.75) is 39.3 Å². The van der Waals surface area contributed by atoms with Crippen LogP contribution in [0.5, 0.6) is 11.5 Å². The topological polar surface area (TPSA) is 50.8 Å². The van der Waals surface area contributed by atoms with E-state index in [1.165, 1.54) is 0 Å². The zero-order valence-electron chi connectivity index (χ0n) is 17.6. The molecule has 31 heavy (non-hydrogen) atoms. The summed E-state index contributed by atoms with van der Waals surface area (Å²) in [5.74, 6) is 1.46. The van der Waals surface area contributed by atoms with E-state index in [0.29, 0.717) is 46.1 Å². The molecule has 0 radical (unpaired) electrons. The molecule has 1 fully saturated rings. The Balaban J connectivity index is 1.56. The van der Waals surface area contributed by atoms with E-state index in [1.54, 1.807) is 18.2 Å². The van der Waals surface area contributed by atoms with Crippen LogP contribution in [0.2, 0.25) is 15.1 Å². The maximum absolute atomic E-state index is 11.7. The molecule has 0 spiro atoms. The van der Waals surface area contributed by atoms with E-state index in [0.717, 1.165) is 43.6 Å². The molecule has 5 nitrogen and oxygen atoms in total. The van der Waals surface area contributed by atoms with E-state index in [9.17, 15) is 4.79 Å². The summed E-state index contributed by atoms with van der Waals surface area (Å²) < 4.78 is 11.7. The maximum Gasteiger partial charge on any atom is 0.222 e. The summed E-state index contributed by atoms with van der Waals surface area (Å²) in [5.41, 5.74) is 1.76.